The summed E-state index contributed by atoms with van der Waals surface area (Å²) in [5, 5.41) is 0. The van der Waals surface area contributed by atoms with Crippen LogP contribution in [0.25, 0.3) is 0 Å². The monoisotopic (exact) mass is 422 g/mol. The van der Waals surface area contributed by atoms with Crippen LogP contribution in [0.1, 0.15) is 162 Å². The van der Waals surface area contributed by atoms with Crippen LogP contribution in [-0.4, -0.2) is 30.7 Å². The minimum absolute atomic E-state index is 1.37. The van der Waals surface area contributed by atoms with Crippen molar-refractivity contribution < 1.29 is 4.48 Å². The maximum absolute atomic E-state index is 2.33. The largest absolute Gasteiger partial charge is 0.324 e. The fraction of sp³-hybridized carbons (Fsp3) is 1.00. The van der Waals surface area contributed by atoms with Crippen molar-refractivity contribution in [2.24, 2.45) is 0 Å². The first-order valence-electron chi connectivity index (χ1n) is 14.7. The summed E-state index contributed by atoms with van der Waals surface area (Å²) in [6.45, 7) is 10.6. The highest BCUT2D eigenvalue weighted by molar-refractivity contribution is 4.57. The molecule has 0 aromatic rings. The van der Waals surface area contributed by atoms with Gasteiger partial charge in [-0.3, -0.25) is 0 Å². The predicted molar refractivity (Wildman–Crippen MR) is 137 cm³/mol. The molecule has 1 heterocycles. The van der Waals surface area contributed by atoms with Gasteiger partial charge in [-0.25, -0.2) is 0 Å². The van der Waals surface area contributed by atoms with Crippen LogP contribution in [-0.2, 0) is 0 Å². The van der Waals surface area contributed by atoms with Crippen molar-refractivity contribution in [2.45, 2.75) is 162 Å². The van der Waals surface area contributed by atoms with Crippen LogP contribution in [0.3, 0.4) is 0 Å². The molecule has 1 nitrogen and oxygen atoms in total. The molecule has 0 radical (unpaired) electrons. The molecule has 1 aliphatic rings. The van der Waals surface area contributed by atoms with Gasteiger partial charge in [0.05, 0.1) is 26.2 Å². The summed E-state index contributed by atoms with van der Waals surface area (Å²) in [5.41, 5.74) is 0. The zero-order chi connectivity index (χ0) is 21.6. The molecule has 1 fully saturated rings. The van der Waals surface area contributed by atoms with E-state index in [0.29, 0.717) is 0 Å². The van der Waals surface area contributed by atoms with Crippen LogP contribution < -0.4 is 0 Å². The molecule has 0 N–H and O–H groups in total. The maximum Gasteiger partial charge on any atom is 0.0788 e. The summed E-state index contributed by atoms with van der Waals surface area (Å²) in [6, 6.07) is 0. The summed E-state index contributed by atoms with van der Waals surface area (Å²) >= 11 is 0. The average Bonchev–Trinajstić information content (AvgIpc) is 3.22. The Balaban J connectivity index is 1.85. The molecule has 0 bridgehead atoms. The Kier molecular flexibility index (Phi) is 19.4. The lowest BCUT2D eigenvalue weighted by Gasteiger charge is -2.34. The van der Waals surface area contributed by atoms with E-state index in [2.05, 4.69) is 13.8 Å². The quantitative estimate of drug-likeness (QED) is 0.113. The summed E-state index contributed by atoms with van der Waals surface area (Å²) in [7, 11) is 0. The van der Waals surface area contributed by atoms with E-state index in [-0.39, 0.29) is 0 Å². The Morgan fingerprint density at radius 2 is 0.633 bits per heavy atom. The molecule has 1 saturated heterocycles. The Morgan fingerprint density at radius 1 is 0.367 bits per heavy atom. The van der Waals surface area contributed by atoms with E-state index in [9.17, 15) is 0 Å². The molecule has 1 aliphatic heterocycles. The molecule has 0 amide bonds. The minimum atomic E-state index is 1.37. The standard InChI is InChI=1S/C29H60N/c1-3-5-7-9-10-11-12-13-14-15-16-17-18-19-21-23-27-30(28-24-25-29-30)26-22-20-8-6-4-2/h3-29H2,1-2H3/q+1. The molecule has 0 saturated carbocycles. The van der Waals surface area contributed by atoms with Crippen LogP contribution in [0.15, 0.2) is 0 Å². The third-order valence-electron chi connectivity index (χ3n) is 7.74. The smallest absolute Gasteiger partial charge is 0.0788 e. The second-order valence-corrected chi connectivity index (χ2v) is 10.7. The van der Waals surface area contributed by atoms with E-state index in [1.807, 2.05) is 0 Å². The van der Waals surface area contributed by atoms with Crippen molar-refractivity contribution in [1.29, 1.82) is 0 Å². The third-order valence-corrected chi connectivity index (χ3v) is 7.74. The van der Waals surface area contributed by atoms with E-state index in [4.69, 9.17) is 0 Å². The Labute approximate surface area is 192 Å². The first-order valence-corrected chi connectivity index (χ1v) is 14.7. The number of quaternary nitrogens is 1. The highest BCUT2D eigenvalue weighted by Gasteiger charge is 2.30. The van der Waals surface area contributed by atoms with Crippen molar-refractivity contribution in [1.82, 2.24) is 0 Å². The fourth-order valence-electron chi connectivity index (χ4n) is 5.61. The normalized spacial score (nSPS) is 15.8. The first-order chi connectivity index (χ1) is 14.8. The SMILES string of the molecule is CCCCCCCCCCCCCCCCCC[N+]1(CCCCCCC)CCCC1. The molecular formula is C29H60N+. The molecule has 0 unspecified atom stereocenters. The van der Waals surface area contributed by atoms with Gasteiger partial charge in [-0.15, -0.1) is 0 Å². The van der Waals surface area contributed by atoms with E-state index >= 15 is 0 Å². The van der Waals surface area contributed by atoms with Gasteiger partial charge in [-0.05, 0) is 25.7 Å². The van der Waals surface area contributed by atoms with Crippen LogP contribution in [0.5, 0.6) is 0 Å². The van der Waals surface area contributed by atoms with E-state index in [1.165, 1.54) is 178 Å². The van der Waals surface area contributed by atoms with Gasteiger partial charge in [0.2, 0.25) is 0 Å². The predicted octanol–water partition coefficient (Wildman–Crippen LogP) is 9.83. The Morgan fingerprint density at radius 3 is 0.933 bits per heavy atom. The maximum atomic E-state index is 2.33. The van der Waals surface area contributed by atoms with Crippen LogP contribution in [0.2, 0.25) is 0 Å². The van der Waals surface area contributed by atoms with E-state index in [1.54, 1.807) is 0 Å². The number of hydrogen-bond donors (Lipinski definition) is 0. The average molecular weight is 423 g/mol. The van der Waals surface area contributed by atoms with Gasteiger partial charge in [-0.1, -0.05) is 123 Å². The van der Waals surface area contributed by atoms with Crippen molar-refractivity contribution in [3.63, 3.8) is 0 Å². The molecular weight excluding hydrogens is 362 g/mol. The molecule has 1 rings (SSSR count). The zero-order valence-corrected chi connectivity index (χ0v) is 21.5. The molecule has 0 aliphatic carbocycles. The van der Waals surface area contributed by atoms with Crippen molar-refractivity contribution in [2.75, 3.05) is 26.2 Å². The highest BCUT2D eigenvalue weighted by atomic mass is 15.4. The van der Waals surface area contributed by atoms with Crippen molar-refractivity contribution in [3.8, 4) is 0 Å². The van der Waals surface area contributed by atoms with Crippen LogP contribution >= 0.6 is 0 Å². The number of unbranched alkanes of at least 4 members (excludes halogenated alkanes) is 19. The molecule has 0 atom stereocenters. The fourth-order valence-corrected chi connectivity index (χ4v) is 5.61. The number of rotatable bonds is 23. The van der Waals surface area contributed by atoms with E-state index < -0.39 is 0 Å². The first kappa shape index (κ1) is 28.0. The number of nitrogens with zero attached hydrogens (tertiary/aromatic N) is 1. The zero-order valence-electron chi connectivity index (χ0n) is 21.5. The number of hydrogen-bond acceptors (Lipinski definition) is 0. The van der Waals surface area contributed by atoms with Gasteiger partial charge in [0.1, 0.15) is 0 Å². The number of likely N-dealkylation sites (tertiary alicyclic amines) is 1. The van der Waals surface area contributed by atoms with Gasteiger partial charge >= 0.3 is 0 Å². The molecule has 0 aromatic carbocycles. The molecule has 0 aromatic heterocycles. The van der Waals surface area contributed by atoms with E-state index in [0.717, 1.165) is 0 Å². The summed E-state index contributed by atoms with van der Waals surface area (Å²) in [6.07, 6.45) is 33.9. The summed E-state index contributed by atoms with van der Waals surface area (Å²) < 4.78 is 1.49. The molecule has 0 spiro atoms. The van der Waals surface area contributed by atoms with Gasteiger partial charge in [0, 0.05) is 12.8 Å². The summed E-state index contributed by atoms with van der Waals surface area (Å²) in [5.74, 6) is 0. The highest BCUT2D eigenvalue weighted by Crippen LogP contribution is 2.23. The van der Waals surface area contributed by atoms with Crippen molar-refractivity contribution >= 4 is 0 Å². The summed E-state index contributed by atoms with van der Waals surface area (Å²) in [4.78, 5) is 0. The lowest BCUT2D eigenvalue weighted by Crippen LogP contribution is -2.46. The van der Waals surface area contributed by atoms with Gasteiger partial charge < -0.3 is 4.48 Å². The van der Waals surface area contributed by atoms with Gasteiger partial charge in [-0.2, -0.15) is 0 Å². The van der Waals surface area contributed by atoms with Gasteiger partial charge in [0.15, 0.2) is 0 Å². The third kappa shape index (κ3) is 15.7. The molecule has 1 heteroatoms. The van der Waals surface area contributed by atoms with Gasteiger partial charge in [0.25, 0.3) is 0 Å². The second-order valence-electron chi connectivity index (χ2n) is 10.7. The van der Waals surface area contributed by atoms with Crippen molar-refractivity contribution in [3.05, 3.63) is 0 Å². The second kappa shape index (κ2) is 20.8. The Hall–Kier alpha value is -0.0400. The molecule has 180 valence electrons. The topological polar surface area (TPSA) is 0 Å². The Bertz CT molecular complexity index is 331. The lowest BCUT2D eigenvalue weighted by molar-refractivity contribution is -0.917. The van der Waals surface area contributed by atoms with Crippen LogP contribution in [0, 0.1) is 0 Å². The molecule has 30 heavy (non-hydrogen) atoms. The minimum Gasteiger partial charge on any atom is -0.324 e. The lowest BCUT2D eigenvalue weighted by atomic mass is 10.0. The van der Waals surface area contributed by atoms with Crippen LogP contribution in [0.4, 0.5) is 0 Å².